The van der Waals surface area contributed by atoms with Crippen molar-refractivity contribution in [3.05, 3.63) is 11.1 Å². The highest BCUT2D eigenvalue weighted by atomic mass is 16.8. The Morgan fingerprint density at radius 3 is 2.36 bits per heavy atom. The van der Waals surface area contributed by atoms with Crippen LogP contribution in [0.5, 0.6) is 0 Å². The first-order chi connectivity index (χ1) is 11.7. The van der Waals surface area contributed by atoms with E-state index in [4.69, 9.17) is 18.9 Å². The van der Waals surface area contributed by atoms with Crippen LogP contribution in [0, 0.1) is 16.7 Å². The Balaban J connectivity index is 2.19. The van der Waals surface area contributed by atoms with Crippen LogP contribution < -0.4 is 0 Å². The topological polar surface area (TPSA) is 74.2 Å². The zero-order chi connectivity index (χ0) is 18.6. The van der Waals surface area contributed by atoms with Crippen molar-refractivity contribution in [3.63, 3.8) is 0 Å². The lowest BCUT2D eigenvalue weighted by atomic mass is 9.49. The van der Waals surface area contributed by atoms with Gasteiger partial charge < -0.3 is 24.1 Å². The van der Waals surface area contributed by atoms with Crippen molar-refractivity contribution >= 4 is 5.97 Å². The normalized spacial score (nSPS) is 42.8. The van der Waals surface area contributed by atoms with E-state index >= 15 is 0 Å². The van der Waals surface area contributed by atoms with E-state index in [2.05, 4.69) is 20.8 Å². The predicted molar refractivity (Wildman–Crippen MR) is 90.5 cm³/mol. The van der Waals surface area contributed by atoms with Gasteiger partial charge in [0, 0.05) is 38.0 Å². The molecule has 0 bridgehead atoms. The maximum Gasteiger partial charge on any atom is 0.303 e. The van der Waals surface area contributed by atoms with Gasteiger partial charge >= 0.3 is 5.97 Å². The summed E-state index contributed by atoms with van der Waals surface area (Å²) in [4.78, 5) is 11.8. The maximum atomic E-state index is 11.8. The molecule has 0 amide bonds. The highest BCUT2D eigenvalue weighted by molar-refractivity contribution is 5.66. The van der Waals surface area contributed by atoms with E-state index in [0.717, 1.165) is 24.8 Å². The molecule has 6 atom stereocenters. The molecular formula is C19H30O6. The Kier molecular flexibility index (Phi) is 4.77. The number of rotatable bonds is 3. The van der Waals surface area contributed by atoms with Crippen molar-refractivity contribution < 1.29 is 28.8 Å². The van der Waals surface area contributed by atoms with Gasteiger partial charge in [-0.1, -0.05) is 27.2 Å². The van der Waals surface area contributed by atoms with Crippen molar-refractivity contribution in [3.8, 4) is 0 Å². The minimum atomic E-state index is -0.959. The number of aliphatic hydroxyl groups is 1. The largest absolute Gasteiger partial charge is 0.459 e. The number of hydrogen-bond donors (Lipinski definition) is 1. The van der Waals surface area contributed by atoms with Gasteiger partial charge in [0.25, 0.3) is 0 Å². The Morgan fingerprint density at radius 2 is 1.80 bits per heavy atom. The van der Waals surface area contributed by atoms with Gasteiger partial charge in [0.15, 0.2) is 12.6 Å². The Morgan fingerprint density at radius 1 is 1.16 bits per heavy atom. The molecule has 1 aliphatic heterocycles. The molecule has 0 aromatic heterocycles. The fraction of sp³-hybridized carbons (Fsp3) is 0.842. The van der Waals surface area contributed by atoms with Crippen LogP contribution in [0.4, 0.5) is 0 Å². The molecule has 25 heavy (non-hydrogen) atoms. The van der Waals surface area contributed by atoms with Crippen LogP contribution in [-0.4, -0.2) is 50.1 Å². The second-order valence-electron chi connectivity index (χ2n) is 8.40. The van der Waals surface area contributed by atoms with Crippen LogP contribution in [0.15, 0.2) is 11.1 Å². The lowest BCUT2D eigenvalue weighted by molar-refractivity contribution is -0.185. The van der Waals surface area contributed by atoms with E-state index in [1.165, 1.54) is 6.92 Å². The summed E-state index contributed by atoms with van der Waals surface area (Å²) in [6.45, 7) is 7.95. The first-order valence-corrected chi connectivity index (χ1v) is 8.98. The molecule has 0 saturated heterocycles. The molecular weight excluding hydrogens is 324 g/mol. The molecule has 1 heterocycles. The molecule has 6 unspecified atom stereocenters. The lowest BCUT2D eigenvalue weighted by Gasteiger charge is -2.57. The number of fused-ring (bicyclic) bond motifs is 2. The summed E-state index contributed by atoms with van der Waals surface area (Å²) in [5, 5.41) is 11.1. The van der Waals surface area contributed by atoms with Crippen LogP contribution >= 0.6 is 0 Å². The van der Waals surface area contributed by atoms with Gasteiger partial charge in [-0.15, -0.1) is 0 Å². The quantitative estimate of drug-likeness (QED) is 0.620. The summed E-state index contributed by atoms with van der Waals surface area (Å²) in [6, 6.07) is 0. The molecule has 1 saturated carbocycles. The smallest absolute Gasteiger partial charge is 0.303 e. The van der Waals surface area contributed by atoms with E-state index < -0.39 is 24.8 Å². The molecule has 1 fully saturated rings. The minimum Gasteiger partial charge on any atom is -0.459 e. The molecule has 3 aliphatic rings. The van der Waals surface area contributed by atoms with Crippen LogP contribution in [0.2, 0.25) is 0 Å². The van der Waals surface area contributed by atoms with Crippen LogP contribution in [0.1, 0.15) is 47.0 Å². The highest BCUT2D eigenvalue weighted by Gasteiger charge is 2.63. The molecule has 3 rings (SSSR count). The predicted octanol–water partition coefficient (Wildman–Crippen LogP) is 2.40. The van der Waals surface area contributed by atoms with E-state index in [-0.39, 0.29) is 22.7 Å². The van der Waals surface area contributed by atoms with Gasteiger partial charge in [-0.25, -0.2) is 0 Å². The summed E-state index contributed by atoms with van der Waals surface area (Å²) < 4.78 is 22.6. The standard InChI is InChI=1S/C19H30O6/c1-10(20)24-14-13(21)11-12(17(23-6)25-16(11)22-5)19(4)9-7-8-18(2,3)15(14)19/h13-17,21H,7-9H2,1-6H3. The monoisotopic (exact) mass is 354 g/mol. The fourth-order valence-corrected chi connectivity index (χ4v) is 5.65. The van der Waals surface area contributed by atoms with Gasteiger partial charge in [-0.05, 0) is 23.8 Å². The molecule has 6 heteroatoms. The first kappa shape index (κ1) is 18.8. The Hall–Kier alpha value is -0.950. The number of esters is 1. The summed E-state index contributed by atoms with van der Waals surface area (Å²) in [5.74, 6) is -0.406. The number of carbonyl (C=O) groups excluding carboxylic acids is 1. The van der Waals surface area contributed by atoms with Gasteiger partial charge in [0.2, 0.25) is 0 Å². The summed E-state index contributed by atoms with van der Waals surface area (Å²) >= 11 is 0. The third-order valence-electron chi connectivity index (χ3n) is 6.40. The molecule has 0 aromatic rings. The third kappa shape index (κ3) is 2.74. The van der Waals surface area contributed by atoms with E-state index in [1.807, 2.05) is 0 Å². The molecule has 2 aliphatic carbocycles. The maximum absolute atomic E-state index is 11.8. The van der Waals surface area contributed by atoms with Crippen LogP contribution in [-0.2, 0) is 23.7 Å². The number of carbonyl (C=O) groups is 1. The van der Waals surface area contributed by atoms with E-state index in [0.29, 0.717) is 5.57 Å². The summed E-state index contributed by atoms with van der Waals surface area (Å²) in [5.41, 5.74) is 1.26. The summed E-state index contributed by atoms with van der Waals surface area (Å²) in [6.07, 6.45) is 0.211. The van der Waals surface area contributed by atoms with E-state index in [9.17, 15) is 9.90 Å². The Labute approximate surface area is 149 Å². The van der Waals surface area contributed by atoms with E-state index in [1.54, 1.807) is 14.2 Å². The molecule has 0 aromatic carbocycles. The molecule has 1 N–H and O–H groups in total. The van der Waals surface area contributed by atoms with Gasteiger partial charge in [0.1, 0.15) is 12.2 Å². The number of aliphatic hydroxyl groups excluding tert-OH is 1. The van der Waals surface area contributed by atoms with Crippen molar-refractivity contribution in [2.24, 2.45) is 16.7 Å². The van der Waals surface area contributed by atoms with Crippen molar-refractivity contribution in [1.29, 1.82) is 0 Å². The highest BCUT2D eigenvalue weighted by Crippen LogP contribution is 2.62. The second-order valence-corrected chi connectivity index (χ2v) is 8.40. The lowest BCUT2D eigenvalue weighted by Crippen LogP contribution is -2.59. The van der Waals surface area contributed by atoms with Crippen molar-refractivity contribution in [2.45, 2.75) is 71.7 Å². The number of methoxy groups -OCH3 is 2. The number of hydrogen-bond acceptors (Lipinski definition) is 6. The minimum absolute atomic E-state index is 0.0248. The number of ether oxygens (including phenoxy) is 4. The molecule has 6 nitrogen and oxygen atoms in total. The van der Waals surface area contributed by atoms with Crippen molar-refractivity contribution in [1.82, 2.24) is 0 Å². The second kappa shape index (κ2) is 6.34. The third-order valence-corrected chi connectivity index (χ3v) is 6.40. The van der Waals surface area contributed by atoms with Crippen molar-refractivity contribution in [2.75, 3.05) is 14.2 Å². The van der Waals surface area contributed by atoms with Gasteiger partial charge in [-0.2, -0.15) is 0 Å². The molecule has 142 valence electrons. The van der Waals surface area contributed by atoms with Crippen LogP contribution in [0.25, 0.3) is 0 Å². The molecule has 0 radical (unpaired) electrons. The molecule has 0 spiro atoms. The zero-order valence-electron chi connectivity index (χ0n) is 16.0. The fourth-order valence-electron chi connectivity index (χ4n) is 5.65. The summed E-state index contributed by atoms with van der Waals surface area (Å²) in [7, 11) is 3.14. The zero-order valence-corrected chi connectivity index (χ0v) is 16.0. The average molecular weight is 354 g/mol. The van der Waals surface area contributed by atoms with Gasteiger partial charge in [0.05, 0.1) is 0 Å². The Bertz CT molecular complexity index is 582. The first-order valence-electron chi connectivity index (χ1n) is 8.98. The average Bonchev–Trinajstić information content (AvgIpc) is 2.90. The van der Waals surface area contributed by atoms with Crippen LogP contribution in [0.3, 0.4) is 0 Å². The SMILES string of the molecule is COC1OC(OC)C2=C1C(O)C(OC(C)=O)C1C(C)(C)CCCC21C. The van der Waals surface area contributed by atoms with Gasteiger partial charge in [-0.3, -0.25) is 4.79 Å².